The fourth-order valence-electron chi connectivity index (χ4n) is 3.60. The highest BCUT2D eigenvalue weighted by Crippen LogP contribution is 2.40. The van der Waals surface area contributed by atoms with Crippen molar-refractivity contribution in [3.8, 4) is 0 Å². The summed E-state index contributed by atoms with van der Waals surface area (Å²) in [6, 6.07) is 6.00. The maximum Gasteiger partial charge on any atom is 0.251 e. The molecule has 3 rings (SSSR count). The zero-order valence-corrected chi connectivity index (χ0v) is 13.5. The zero-order chi connectivity index (χ0) is 14.0. The Kier molecular flexibility index (Phi) is 5.15. The van der Waals surface area contributed by atoms with Crippen LogP contribution in [0.25, 0.3) is 0 Å². The smallest absolute Gasteiger partial charge is 0.251 e. The van der Waals surface area contributed by atoms with Crippen molar-refractivity contribution in [3.05, 3.63) is 29.3 Å². The van der Waals surface area contributed by atoms with Crippen molar-refractivity contribution in [1.29, 1.82) is 0 Å². The fourth-order valence-corrected chi connectivity index (χ4v) is 3.60. The lowest BCUT2D eigenvalue weighted by Crippen LogP contribution is -2.35. The van der Waals surface area contributed by atoms with Gasteiger partial charge in [0.05, 0.1) is 0 Å². The van der Waals surface area contributed by atoms with E-state index in [4.69, 9.17) is 0 Å². The van der Waals surface area contributed by atoms with Crippen molar-refractivity contribution in [2.45, 2.75) is 45.4 Å². The molecule has 21 heavy (non-hydrogen) atoms. The van der Waals surface area contributed by atoms with Gasteiger partial charge in [0.25, 0.3) is 5.91 Å². The van der Waals surface area contributed by atoms with Crippen LogP contribution in [0, 0.1) is 5.41 Å². The molecule has 3 nitrogen and oxygen atoms in total. The molecule has 1 amide bonds. The first-order valence-electron chi connectivity index (χ1n) is 7.87. The minimum Gasteiger partial charge on any atom is -0.384 e. The van der Waals surface area contributed by atoms with E-state index >= 15 is 0 Å². The number of hydrogen-bond donors (Lipinski definition) is 2. The second-order valence-corrected chi connectivity index (χ2v) is 6.29. The predicted octanol–water partition coefficient (Wildman–Crippen LogP) is 3.78. The maximum atomic E-state index is 12.3. The quantitative estimate of drug-likeness (QED) is 0.889. The van der Waals surface area contributed by atoms with Gasteiger partial charge in [0.15, 0.2) is 0 Å². The normalized spacial score (nSPS) is 18.5. The van der Waals surface area contributed by atoms with Crippen molar-refractivity contribution < 1.29 is 4.79 Å². The van der Waals surface area contributed by atoms with Crippen molar-refractivity contribution in [3.63, 3.8) is 0 Å². The average molecular weight is 309 g/mol. The summed E-state index contributed by atoms with van der Waals surface area (Å²) in [6.07, 6.45) is 7.34. The number of amides is 1. The van der Waals surface area contributed by atoms with E-state index in [2.05, 4.69) is 17.6 Å². The van der Waals surface area contributed by atoms with Gasteiger partial charge in [-0.25, -0.2) is 0 Å². The van der Waals surface area contributed by atoms with E-state index in [1.807, 2.05) is 18.2 Å². The van der Waals surface area contributed by atoms with Crippen LogP contribution >= 0.6 is 12.4 Å². The fraction of sp³-hybridized carbons (Fsp3) is 0.588. The number of fused-ring (bicyclic) bond motifs is 1. The highest BCUT2D eigenvalue weighted by Gasteiger charge is 2.32. The van der Waals surface area contributed by atoms with Crippen LogP contribution < -0.4 is 10.6 Å². The monoisotopic (exact) mass is 308 g/mol. The number of nitrogens with one attached hydrogen (secondary N) is 2. The van der Waals surface area contributed by atoms with E-state index in [9.17, 15) is 4.79 Å². The third-order valence-electron chi connectivity index (χ3n) is 5.12. The van der Waals surface area contributed by atoms with E-state index in [-0.39, 0.29) is 18.3 Å². The number of carbonyl (C=O) groups excluding carboxylic acids is 1. The first kappa shape index (κ1) is 16.2. The zero-order valence-electron chi connectivity index (χ0n) is 12.7. The van der Waals surface area contributed by atoms with Crippen LogP contribution in [0.3, 0.4) is 0 Å². The number of halogens is 1. The lowest BCUT2D eigenvalue weighted by molar-refractivity contribution is 0.0928. The van der Waals surface area contributed by atoms with Crippen LogP contribution in [0.5, 0.6) is 0 Å². The van der Waals surface area contributed by atoms with Gasteiger partial charge in [-0.15, -0.1) is 12.4 Å². The Morgan fingerprint density at radius 3 is 2.81 bits per heavy atom. The summed E-state index contributed by atoms with van der Waals surface area (Å²) >= 11 is 0. The summed E-state index contributed by atoms with van der Waals surface area (Å²) in [5, 5.41) is 6.49. The Labute approximate surface area is 133 Å². The van der Waals surface area contributed by atoms with Gasteiger partial charge in [0.2, 0.25) is 0 Å². The maximum absolute atomic E-state index is 12.3. The highest BCUT2D eigenvalue weighted by molar-refractivity contribution is 5.95. The summed E-state index contributed by atoms with van der Waals surface area (Å²) in [6.45, 7) is 4.07. The van der Waals surface area contributed by atoms with Crippen LogP contribution in [0.15, 0.2) is 18.2 Å². The van der Waals surface area contributed by atoms with Gasteiger partial charge in [0.1, 0.15) is 0 Å². The second kappa shape index (κ2) is 6.69. The summed E-state index contributed by atoms with van der Waals surface area (Å²) in [5.41, 5.74) is 3.61. The number of anilines is 1. The molecule has 1 aromatic rings. The SMILES string of the molecule is CCC1(CNC(=O)c2ccc3c(c2)CCN3)CCCC1.Cl. The van der Waals surface area contributed by atoms with Gasteiger partial charge in [-0.1, -0.05) is 19.8 Å². The summed E-state index contributed by atoms with van der Waals surface area (Å²) in [4.78, 5) is 12.3. The molecular formula is C17H25ClN2O. The summed E-state index contributed by atoms with van der Waals surface area (Å²) < 4.78 is 0. The molecule has 0 aromatic heterocycles. The van der Waals surface area contributed by atoms with Crippen LogP contribution in [-0.2, 0) is 6.42 Å². The van der Waals surface area contributed by atoms with Crippen molar-refractivity contribution in [2.75, 3.05) is 18.4 Å². The van der Waals surface area contributed by atoms with Gasteiger partial charge in [-0.3, -0.25) is 4.79 Å². The standard InChI is InChI=1S/C17H24N2O.ClH/c1-2-17(8-3-4-9-17)12-19-16(20)14-5-6-15-13(11-14)7-10-18-15;/h5-6,11,18H,2-4,7-10,12H2,1H3,(H,19,20);1H. The molecule has 1 aliphatic carbocycles. The number of hydrogen-bond acceptors (Lipinski definition) is 2. The Balaban J connectivity index is 0.00000161. The first-order valence-corrected chi connectivity index (χ1v) is 7.87. The Bertz CT molecular complexity index is 510. The van der Waals surface area contributed by atoms with E-state index in [1.165, 1.54) is 43.4 Å². The molecule has 1 fully saturated rings. The summed E-state index contributed by atoms with van der Waals surface area (Å²) in [5.74, 6) is 0.0828. The van der Waals surface area contributed by atoms with E-state index in [0.717, 1.165) is 25.1 Å². The molecule has 1 aliphatic heterocycles. The van der Waals surface area contributed by atoms with Crippen LogP contribution in [0.2, 0.25) is 0 Å². The van der Waals surface area contributed by atoms with Crippen molar-refractivity contribution >= 4 is 24.0 Å². The van der Waals surface area contributed by atoms with Gasteiger partial charge in [-0.2, -0.15) is 0 Å². The molecule has 2 aliphatic rings. The average Bonchev–Trinajstić information content (AvgIpc) is 3.13. The molecule has 2 N–H and O–H groups in total. The van der Waals surface area contributed by atoms with Crippen LogP contribution in [0.4, 0.5) is 5.69 Å². The Morgan fingerprint density at radius 1 is 1.33 bits per heavy atom. The number of carbonyl (C=O) groups is 1. The highest BCUT2D eigenvalue weighted by atomic mass is 35.5. The molecular weight excluding hydrogens is 284 g/mol. The molecule has 0 radical (unpaired) electrons. The van der Waals surface area contributed by atoms with E-state index in [1.54, 1.807) is 0 Å². The van der Waals surface area contributed by atoms with Crippen LogP contribution in [0.1, 0.15) is 54.9 Å². The molecule has 1 saturated carbocycles. The minimum absolute atomic E-state index is 0. The largest absolute Gasteiger partial charge is 0.384 e. The van der Waals surface area contributed by atoms with Gasteiger partial charge in [0, 0.05) is 24.3 Å². The van der Waals surface area contributed by atoms with Crippen LogP contribution in [-0.4, -0.2) is 19.0 Å². The third-order valence-corrected chi connectivity index (χ3v) is 5.12. The minimum atomic E-state index is 0. The van der Waals surface area contributed by atoms with Gasteiger partial charge < -0.3 is 10.6 Å². The molecule has 0 unspecified atom stereocenters. The molecule has 0 spiro atoms. The number of benzene rings is 1. The third kappa shape index (κ3) is 3.34. The molecule has 0 saturated heterocycles. The molecule has 116 valence electrons. The molecule has 1 heterocycles. The lowest BCUT2D eigenvalue weighted by atomic mass is 9.83. The second-order valence-electron chi connectivity index (χ2n) is 6.29. The molecule has 4 heteroatoms. The molecule has 0 atom stereocenters. The number of rotatable bonds is 4. The van der Waals surface area contributed by atoms with E-state index in [0.29, 0.717) is 5.41 Å². The van der Waals surface area contributed by atoms with Crippen molar-refractivity contribution in [2.24, 2.45) is 5.41 Å². The van der Waals surface area contributed by atoms with Crippen molar-refractivity contribution in [1.82, 2.24) is 5.32 Å². The topological polar surface area (TPSA) is 41.1 Å². The predicted molar refractivity (Wildman–Crippen MR) is 89.4 cm³/mol. The van der Waals surface area contributed by atoms with E-state index < -0.39 is 0 Å². The van der Waals surface area contributed by atoms with Gasteiger partial charge >= 0.3 is 0 Å². The van der Waals surface area contributed by atoms with Gasteiger partial charge in [-0.05, 0) is 54.9 Å². The lowest BCUT2D eigenvalue weighted by Gasteiger charge is -2.27. The Hall–Kier alpha value is -1.22. The first-order chi connectivity index (χ1) is 9.72. The molecule has 0 bridgehead atoms. The summed E-state index contributed by atoms with van der Waals surface area (Å²) in [7, 11) is 0. The Morgan fingerprint density at radius 2 is 2.10 bits per heavy atom. The molecule has 1 aromatic carbocycles.